The molecule has 0 spiro atoms. The van der Waals surface area contributed by atoms with Crippen LogP contribution in [0.15, 0.2) is 33.2 Å². The number of halogens is 1. The molecule has 110 valence electrons. The first-order valence-corrected chi connectivity index (χ1v) is 6.78. The molecule has 0 bridgehead atoms. The zero-order valence-corrected chi connectivity index (χ0v) is 12.4. The molecule has 3 aromatic rings. The second-order valence-electron chi connectivity index (χ2n) is 5.58. The van der Waals surface area contributed by atoms with Crippen molar-refractivity contribution in [2.75, 3.05) is 0 Å². The van der Waals surface area contributed by atoms with Crippen molar-refractivity contribution in [3.63, 3.8) is 0 Å². The van der Waals surface area contributed by atoms with E-state index in [9.17, 15) is 0 Å². The quantitative estimate of drug-likeness (QED) is 0.783. The normalized spacial score (nSPS) is 16.5. The largest absolute Gasteiger partial charge is 0.451 e. The molecule has 6 heteroatoms. The number of rotatable bonds is 2. The van der Waals surface area contributed by atoms with E-state index in [0.717, 1.165) is 30.2 Å². The monoisotopic (exact) mass is 305 g/mol. The van der Waals surface area contributed by atoms with Crippen molar-refractivity contribution in [3.05, 3.63) is 35.7 Å². The Morgan fingerprint density at radius 2 is 2.05 bits per heavy atom. The molecule has 2 aromatic heterocycles. The van der Waals surface area contributed by atoms with E-state index in [1.807, 2.05) is 25.1 Å². The molecule has 21 heavy (non-hydrogen) atoms. The van der Waals surface area contributed by atoms with Gasteiger partial charge in [0.15, 0.2) is 11.6 Å². The number of benzene rings is 1. The lowest BCUT2D eigenvalue weighted by Crippen LogP contribution is -2.44. The van der Waals surface area contributed by atoms with Gasteiger partial charge in [-0.05, 0) is 44.4 Å². The molecule has 2 heterocycles. The highest BCUT2D eigenvalue weighted by Gasteiger charge is 2.39. The molecular formula is C15H16ClN3O2. The highest BCUT2D eigenvalue weighted by Crippen LogP contribution is 2.38. The Labute approximate surface area is 127 Å². The van der Waals surface area contributed by atoms with Crippen LogP contribution in [0.2, 0.25) is 0 Å². The number of aromatic nitrogens is 2. The number of furan rings is 1. The highest BCUT2D eigenvalue weighted by atomic mass is 35.5. The maximum atomic E-state index is 6.19. The summed E-state index contributed by atoms with van der Waals surface area (Å²) in [5, 5.41) is 5.04. The van der Waals surface area contributed by atoms with Crippen molar-refractivity contribution in [1.82, 2.24) is 10.1 Å². The van der Waals surface area contributed by atoms with Crippen molar-refractivity contribution < 1.29 is 8.94 Å². The molecule has 1 fully saturated rings. The zero-order chi connectivity index (χ0) is 13.7. The zero-order valence-electron chi connectivity index (χ0n) is 11.6. The molecule has 1 saturated carbocycles. The molecule has 0 radical (unpaired) electrons. The van der Waals surface area contributed by atoms with E-state index < -0.39 is 5.54 Å². The van der Waals surface area contributed by atoms with E-state index in [2.05, 4.69) is 16.2 Å². The number of nitrogens with zero attached hydrogens (tertiary/aromatic N) is 2. The molecule has 1 aromatic carbocycles. The number of nitrogens with two attached hydrogens (primary N) is 1. The Morgan fingerprint density at radius 3 is 2.76 bits per heavy atom. The van der Waals surface area contributed by atoms with Crippen molar-refractivity contribution in [2.45, 2.75) is 31.7 Å². The lowest BCUT2D eigenvalue weighted by atomic mass is 9.77. The van der Waals surface area contributed by atoms with Gasteiger partial charge in [-0.3, -0.25) is 0 Å². The van der Waals surface area contributed by atoms with Crippen LogP contribution in [-0.4, -0.2) is 10.1 Å². The molecule has 1 aliphatic carbocycles. The van der Waals surface area contributed by atoms with Gasteiger partial charge in [-0.2, -0.15) is 4.98 Å². The Kier molecular flexibility index (Phi) is 3.26. The van der Waals surface area contributed by atoms with Crippen LogP contribution >= 0.6 is 12.4 Å². The lowest BCUT2D eigenvalue weighted by molar-refractivity contribution is 0.229. The van der Waals surface area contributed by atoms with Crippen molar-refractivity contribution >= 4 is 23.4 Å². The predicted molar refractivity (Wildman–Crippen MR) is 81.2 cm³/mol. The van der Waals surface area contributed by atoms with E-state index in [0.29, 0.717) is 17.5 Å². The number of hydrogen-bond donors (Lipinski definition) is 1. The van der Waals surface area contributed by atoms with Gasteiger partial charge >= 0.3 is 0 Å². The third-order valence-electron chi connectivity index (χ3n) is 4.00. The Bertz CT molecular complexity index is 789. The van der Waals surface area contributed by atoms with Gasteiger partial charge in [0.05, 0.1) is 5.54 Å². The van der Waals surface area contributed by atoms with Crippen LogP contribution in [0.25, 0.3) is 22.6 Å². The summed E-state index contributed by atoms with van der Waals surface area (Å²) in [4.78, 5) is 4.40. The molecule has 5 nitrogen and oxygen atoms in total. The summed E-state index contributed by atoms with van der Waals surface area (Å²) in [6.07, 6.45) is 2.93. The van der Waals surface area contributed by atoms with Crippen molar-refractivity contribution in [2.24, 2.45) is 5.73 Å². The van der Waals surface area contributed by atoms with Gasteiger partial charge < -0.3 is 14.7 Å². The van der Waals surface area contributed by atoms with Gasteiger partial charge in [0, 0.05) is 5.39 Å². The van der Waals surface area contributed by atoms with Crippen LogP contribution in [0.3, 0.4) is 0 Å². The van der Waals surface area contributed by atoms with E-state index in [1.54, 1.807) is 0 Å². The Morgan fingerprint density at radius 1 is 1.24 bits per heavy atom. The van der Waals surface area contributed by atoms with Crippen molar-refractivity contribution in [1.29, 1.82) is 0 Å². The molecular weight excluding hydrogens is 290 g/mol. The minimum Gasteiger partial charge on any atom is -0.451 e. The van der Waals surface area contributed by atoms with E-state index in [-0.39, 0.29) is 12.4 Å². The number of fused-ring (bicyclic) bond motifs is 1. The average molecular weight is 306 g/mol. The van der Waals surface area contributed by atoms with Gasteiger partial charge in [0.25, 0.3) is 5.89 Å². The van der Waals surface area contributed by atoms with Gasteiger partial charge in [0.1, 0.15) is 5.58 Å². The van der Waals surface area contributed by atoms with Crippen molar-refractivity contribution in [3.8, 4) is 11.7 Å². The fraction of sp³-hybridized carbons (Fsp3) is 0.333. The molecule has 1 aliphatic rings. The number of aryl methyl sites for hydroxylation is 1. The topological polar surface area (TPSA) is 78.1 Å². The first-order chi connectivity index (χ1) is 9.64. The van der Waals surface area contributed by atoms with Crippen LogP contribution in [0.5, 0.6) is 0 Å². The first kappa shape index (κ1) is 14.1. The Hall–Kier alpha value is -1.85. The summed E-state index contributed by atoms with van der Waals surface area (Å²) in [5.41, 5.74) is 7.79. The maximum absolute atomic E-state index is 6.19. The fourth-order valence-electron chi connectivity index (χ4n) is 2.58. The summed E-state index contributed by atoms with van der Waals surface area (Å²) in [7, 11) is 0. The van der Waals surface area contributed by atoms with Gasteiger partial charge in [-0.25, -0.2) is 0 Å². The van der Waals surface area contributed by atoms with Crippen LogP contribution in [-0.2, 0) is 5.54 Å². The lowest BCUT2D eigenvalue weighted by Gasteiger charge is -2.34. The highest BCUT2D eigenvalue weighted by molar-refractivity contribution is 5.85. The van der Waals surface area contributed by atoms with E-state index in [4.69, 9.17) is 14.7 Å². The summed E-state index contributed by atoms with van der Waals surface area (Å²) >= 11 is 0. The van der Waals surface area contributed by atoms with Gasteiger partial charge in [-0.1, -0.05) is 16.8 Å². The SMILES string of the molecule is Cc1ccc2oc(-c3nc(C4(N)CCC4)no3)cc2c1.Cl. The summed E-state index contributed by atoms with van der Waals surface area (Å²) < 4.78 is 11.0. The molecule has 4 rings (SSSR count). The van der Waals surface area contributed by atoms with Crippen LogP contribution in [0.4, 0.5) is 0 Å². The summed E-state index contributed by atoms with van der Waals surface area (Å²) in [6, 6.07) is 7.94. The summed E-state index contributed by atoms with van der Waals surface area (Å²) in [5.74, 6) is 1.56. The first-order valence-electron chi connectivity index (χ1n) is 6.78. The molecule has 0 saturated heterocycles. The average Bonchev–Trinajstić information content (AvgIpc) is 3.01. The van der Waals surface area contributed by atoms with E-state index >= 15 is 0 Å². The maximum Gasteiger partial charge on any atom is 0.293 e. The third-order valence-corrected chi connectivity index (χ3v) is 4.00. The van der Waals surface area contributed by atoms with E-state index in [1.165, 1.54) is 5.56 Å². The fourth-order valence-corrected chi connectivity index (χ4v) is 2.58. The second-order valence-corrected chi connectivity index (χ2v) is 5.58. The Balaban J connectivity index is 0.00000132. The van der Waals surface area contributed by atoms with Crippen LogP contribution < -0.4 is 5.73 Å². The molecule has 0 atom stereocenters. The predicted octanol–water partition coefficient (Wildman–Crippen LogP) is 3.55. The third kappa shape index (κ3) is 2.22. The van der Waals surface area contributed by atoms with Crippen LogP contribution in [0.1, 0.15) is 30.7 Å². The molecule has 0 unspecified atom stereocenters. The van der Waals surface area contributed by atoms with Crippen LogP contribution in [0, 0.1) is 6.92 Å². The molecule has 2 N–H and O–H groups in total. The smallest absolute Gasteiger partial charge is 0.293 e. The second kappa shape index (κ2) is 4.86. The minimum atomic E-state index is -0.412. The number of hydrogen-bond acceptors (Lipinski definition) is 5. The summed E-state index contributed by atoms with van der Waals surface area (Å²) in [6.45, 7) is 2.05. The van der Waals surface area contributed by atoms with Gasteiger partial charge in [0.2, 0.25) is 0 Å². The van der Waals surface area contributed by atoms with Gasteiger partial charge in [-0.15, -0.1) is 12.4 Å². The minimum absolute atomic E-state index is 0. The molecule has 0 aliphatic heterocycles. The standard InChI is InChI=1S/C15H15N3O2.ClH/c1-9-3-4-11-10(7-9)8-12(19-11)13-17-14(18-20-13)15(16)5-2-6-15;/h3-4,7-8H,2,5-6,16H2,1H3;1H. The molecule has 0 amide bonds.